The zero-order valence-corrected chi connectivity index (χ0v) is 9.54. The second-order valence-electron chi connectivity index (χ2n) is 3.88. The van der Waals surface area contributed by atoms with Gasteiger partial charge in [-0.05, 0) is 25.1 Å². The highest BCUT2D eigenvalue weighted by molar-refractivity contribution is 5.80. The van der Waals surface area contributed by atoms with Crippen LogP contribution in [0.3, 0.4) is 0 Å². The molecule has 0 amide bonds. The number of aliphatic hydroxyl groups excluding tert-OH is 1. The highest BCUT2D eigenvalue weighted by Crippen LogP contribution is 2.27. The van der Waals surface area contributed by atoms with Crippen LogP contribution in [0.15, 0.2) is 54.8 Å². The highest BCUT2D eigenvalue weighted by Gasteiger charge is 2.25. The maximum atomic E-state index is 9.60. The number of aromatic nitrogens is 3. The van der Waals surface area contributed by atoms with Crippen LogP contribution in [0.25, 0.3) is 16.7 Å². The molecule has 1 aromatic carbocycles. The summed E-state index contributed by atoms with van der Waals surface area (Å²) in [4.78, 5) is 1.88. The number of nitrogens with zero attached hydrogens (tertiary/aromatic N) is 3. The minimum atomic E-state index is 0.0587. The molecule has 0 atom stereocenters. The van der Waals surface area contributed by atoms with Crippen molar-refractivity contribution >= 4 is 16.7 Å². The van der Waals surface area contributed by atoms with Gasteiger partial charge in [0.2, 0.25) is 0 Å². The molecule has 1 N–H and O–H groups in total. The Morgan fingerprint density at radius 1 is 1.24 bits per heavy atom. The number of para-hydroxylation sites is 2. The van der Waals surface area contributed by atoms with Crippen LogP contribution in [0.4, 0.5) is 0 Å². The number of hydrogen-bond acceptors (Lipinski definition) is 1. The lowest BCUT2D eigenvalue weighted by Gasteiger charge is -1.95. The molecule has 0 aliphatic rings. The highest BCUT2D eigenvalue weighted by atomic mass is 16.3. The van der Waals surface area contributed by atoms with Gasteiger partial charge in [-0.15, -0.1) is 14.1 Å². The monoisotopic (exact) mass is 227 g/mol. The van der Waals surface area contributed by atoms with Crippen molar-refractivity contribution in [3.8, 4) is 0 Å². The van der Waals surface area contributed by atoms with Crippen molar-refractivity contribution < 1.29 is 5.11 Å². The van der Waals surface area contributed by atoms with Crippen LogP contribution >= 0.6 is 0 Å². The van der Waals surface area contributed by atoms with Crippen LogP contribution in [0.1, 0.15) is 6.92 Å². The van der Waals surface area contributed by atoms with E-state index in [0.717, 1.165) is 11.0 Å². The van der Waals surface area contributed by atoms with Crippen molar-refractivity contribution in [3.63, 3.8) is 0 Å². The average Bonchev–Trinajstić information content (AvgIpc) is 2.94. The third kappa shape index (κ3) is 1.24. The standard InChI is InChI=1S/C13H13N3O/c1-3-4-7-11(10(2)17)14-15-12-8-5-6-9-13(12)16(14)15/h3-9,17H,2H2,1H3/b4-3-,11-7+. The van der Waals surface area contributed by atoms with E-state index in [2.05, 4.69) is 6.58 Å². The van der Waals surface area contributed by atoms with E-state index in [1.807, 2.05) is 63.5 Å². The number of allylic oxidation sites excluding steroid dienone is 4. The second kappa shape index (κ2) is 3.31. The predicted octanol–water partition coefficient (Wildman–Crippen LogP) is 2.92. The molecular formula is C13H13N3O. The summed E-state index contributed by atoms with van der Waals surface area (Å²) < 4.78 is 3.96. The largest absolute Gasteiger partial charge is 0.506 e. The van der Waals surface area contributed by atoms with Crippen LogP contribution < -0.4 is 0 Å². The molecule has 0 aliphatic heterocycles. The van der Waals surface area contributed by atoms with Crippen LogP contribution in [0.2, 0.25) is 0 Å². The molecule has 0 radical (unpaired) electrons. The van der Waals surface area contributed by atoms with E-state index in [-0.39, 0.29) is 5.76 Å². The number of fused-ring (bicyclic) bond motifs is 4. The lowest BCUT2D eigenvalue weighted by Crippen LogP contribution is -1.92. The van der Waals surface area contributed by atoms with Gasteiger partial charge in [0, 0.05) is 0 Å². The summed E-state index contributed by atoms with van der Waals surface area (Å²) in [6, 6.07) is 8.07. The number of hydrogen-bond donors (Lipinski definition) is 1. The summed E-state index contributed by atoms with van der Waals surface area (Å²) in [5.74, 6) is 0.0587. The topological polar surface area (TPSA) is 34.0 Å². The fourth-order valence-corrected chi connectivity index (χ4v) is 1.96. The van der Waals surface area contributed by atoms with Crippen molar-refractivity contribution in [2.45, 2.75) is 6.92 Å². The fourth-order valence-electron chi connectivity index (χ4n) is 1.96. The molecule has 0 spiro atoms. The Morgan fingerprint density at radius 2 is 1.82 bits per heavy atom. The molecule has 3 rings (SSSR count). The third-order valence-corrected chi connectivity index (χ3v) is 2.78. The van der Waals surface area contributed by atoms with E-state index in [4.69, 9.17) is 0 Å². The molecule has 86 valence electrons. The van der Waals surface area contributed by atoms with Crippen LogP contribution in [-0.4, -0.2) is 19.2 Å². The Kier molecular flexibility index (Phi) is 1.92. The zero-order valence-electron chi connectivity index (χ0n) is 9.54. The molecule has 0 saturated heterocycles. The Balaban J connectivity index is 2.14. The summed E-state index contributed by atoms with van der Waals surface area (Å²) in [6.07, 6.45) is 5.62. The molecule has 0 unspecified atom stereocenters. The zero-order chi connectivity index (χ0) is 12.0. The first kappa shape index (κ1) is 9.84. The van der Waals surface area contributed by atoms with Gasteiger partial charge in [0.15, 0.2) is 0 Å². The van der Waals surface area contributed by atoms with Crippen molar-refractivity contribution in [1.29, 1.82) is 0 Å². The van der Waals surface area contributed by atoms with Crippen LogP contribution in [0, 0.1) is 0 Å². The first-order valence-electron chi connectivity index (χ1n) is 5.46. The molecule has 2 heterocycles. The predicted molar refractivity (Wildman–Crippen MR) is 68.4 cm³/mol. The first-order chi connectivity index (χ1) is 8.25. The summed E-state index contributed by atoms with van der Waals surface area (Å²) in [5, 5.41) is 9.60. The van der Waals surface area contributed by atoms with Crippen molar-refractivity contribution in [1.82, 2.24) is 14.1 Å². The van der Waals surface area contributed by atoms with E-state index >= 15 is 0 Å². The normalized spacial score (nSPS) is 13.6. The molecule has 0 aliphatic carbocycles. The Bertz CT molecular complexity index is 694. The van der Waals surface area contributed by atoms with Gasteiger partial charge in [0.1, 0.15) is 22.5 Å². The molecule has 3 aromatic rings. The number of aliphatic hydroxyl groups is 1. The van der Waals surface area contributed by atoms with Gasteiger partial charge in [-0.3, -0.25) is 0 Å². The van der Waals surface area contributed by atoms with Gasteiger partial charge in [-0.1, -0.05) is 30.9 Å². The maximum absolute atomic E-state index is 9.60. The van der Waals surface area contributed by atoms with Gasteiger partial charge < -0.3 is 5.11 Å². The Labute approximate surface area is 98.3 Å². The van der Waals surface area contributed by atoms with Gasteiger partial charge in [-0.25, -0.2) is 0 Å². The summed E-state index contributed by atoms with van der Waals surface area (Å²) >= 11 is 0. The van der Waals surface area contributed by atoms with Crippen molar-refractivity contribution in [2.75, 3.05) is 0 Å². The molecule has 4 heteroatoms. The van der Waals surface area contributed by atoms with Crippen LogP contribution in [0.5, 0.6) is 0 Å². The second-order valence-corrected chi connectivity index (χ2v) is 3.88. The molecule has 17 heavy (non-hydrogen) atoms. The van der Waals surface area contributed by atoms with Crippen molar-refractivity contribution in [2.24, 2.45) is 0 Å². The van der Waals surface area contributed by atoms with E-state index in [0.29, 0.717) is 5.70 Å². The van der Waals surface area contributed by atoms with E-state index in [1.165, 1.54) is 0 Å². The van der Waals surface area contributed by atoms with Gasteiger partial charge in [0.05, 0.1) is 0 Å². The van der Waals surface area contributed by atoms with Gasteiger partial charge in [0.25, 0.3) is 0 Å². The average molecular weight is 227 g/mol. The van der Waals surface area contributed by atoms with Crippen molar-refractivity contribution in [3.05, 3.63) is 54.8 Å². The van der Waals surface area contributed by atoms with E-state index < -0.39 is 0 Å². The van der Waals surface area contributed by atoms with Gasteiger partial charge in [-0.2, -0.15) is 0 Å². The lowest BCUT2D eigenvalue weighted by atomic mass is 10.3. The summed E-state index contributed by atoms with van der Waals surface area (Å²) in [6.45, 7) is 5.52. The number of benzene rings is 1. The minimum Gasteiger partial charge on any atom is -0.506 e. The molecule has 0 saturated carbocycles. The van der Waals surface area contributed by atoms with E-state index in [9.17, 15) is 5.11 Å². The van der Waals surface area contributed by atoms with Crippen LogP contribution in [-0.2, 0) is 0 Å². The third-order valence-electron chi connectivity index (χ3n) is 2.78. The summed E-state index contributed by atoms with van der Waals surface area (Å²) in [5.41, 5.74) is 2.96. The van der Waals surface area contributed by atoms with E-state index in [1.54, 1.807) is 0 Å². The first-order valence-corrected chi connectivity index (χ1v) is 5.46. The SMILES string of the molecule is C=C(O)/C(=C\C=C/C)n1n2c3ccccc3n12. The smallest absolute Gasteiger partial charge is 0.135 e. The molecule has 0 bridgehead atoms. The lowest BCUT2D eigenvalue weighted by molar-refractivity contribution is 0.435. The Hall–Kier alpha value is -2.36. The maximum Gasteiger partial charge on any atom is 0.135 e. The molecule has 2 aromatic heterocycles. The summed E-state index contributed by atoms with van der Waals surface area (Å²) in [7, 11) is 0. The Morgan fingerprint density at radius 3 is 2.29 bits per heavy atom. The number of rotatable bonds is 3. The molecule has 0 fully saturated rings. The quantitative estimate of drug-likeness (QED) is 0.541. The minimum absolute atomic E-state index is 0.0587. The van der Waals surface area contributed by atoms with Gasteiger partial charge >= 0.3 is 0 Å². The molecule has 4 nitrogen and oxygen atoms in total. The molecular weight excluding hydrogens is 214 g/mol. The fraction of sp³-hybridized carbons (Fsp3) is 0.0769.